The highest BCUT2D eigenvalue weighted by Crippen LogP contribution is 2.14. The van der Waals surface area contributed by atoms with Gasteiger partial charge in [0.2, 0.25) is 0 Å². The first-order chi connectivity index (χ1) is 8.25. The molecule has 0 aliphatic carbocycles. The van der Waals surface area contributed by atoms with E-state index in [2.05, 4.69) is 17.1 Å². The molecule has 0 radical (unpaired) electrons. The Labute approximate surface area is 102 Å². The van der Waals surface area contributed by atoms with Crippen LogP contribution in [0.1, 0.15) is 30.1 Å². The second-order valence-electron chi connectivity index (χ2n) is 4.82. The van der Waals surface area contributed by atoms with Gasteiger partial charge in [0.1, 0.15) is 6.26 Å². The number of rotatable bonds is 4. The van der Waals surface area contributed by atoms with Gasteiger partial charge < -0.3 is 14.6 Å². The molecule has 1 aromatic heterocycles. The Kier molecular flexibility index (Phi) is 4.20. The Morgan fingerprint density at radius 1 is 1.65 bits per heavy atom. The van der Waals surface area contributed by atoms with Crippen molar-refractivity contribution in [1.82, 2.24) is 10.2 Å². The normalized spacial score (nSPS) is 21.4. The van der Waals surface area contributed by atoms with Gasteiger partial charge in [-0.05, 0) is 31.4 Å². The topological polar surface area (TPSA) is 45.5 Å². The summed E-state index contributed by atoms with van der Waals surface area (Å²) in [5.41, 5.74) is 0.594. The van der Waals surface area contributed by atoms with E-state index >= 15 is 0 Å². The average Bonchev–Trinajstić information content (AvgIpc) is 2.82. The van der Waals surface area contributed by atoms with Crippen LogP contribution in [-0.2, 0) is 0 Å². The number of carbonyl (C=O) groups excluding carboxylic acids is 1. The standard InChI is InChI=1S/C13H20N2O2/c1-11-3-2-6-15(9-11)7-5-14-13(16)12-4-8-17-10-12/h4,8,10-11H,2-3,5-7,9H2,1H3,(H,14,16)/t11-/m0/s1. The Balaban J connectivity index is 1.67. The minimum absolute atomic E-state index is 0.0520. The summed E-state index contributed by atoms with van der Waals surface area (Å²) in [5.74, 6) is 0.733. The smallest absolute Gasteiger partial charge is 0.254 e. The predicted molar refractivity (Wildman–Crippen MR) is 65.9 cm³/mol. The second kappa shape index (κ2) is 5.87. The molecule has 94 valence electrons. The molecule has 1 aliphatic heterocycles. The molecule has 4 nitrogen and oxygen atoms in total. The number of hydrogen-bond acceptors (Lipinski definition) is 3. The van der Waals surface area contributed by atoms with Crippen LogP contribution in [0.3, 0.4) is 0 Å². The minimum atomic E-state index is -0.0520. The summed E-state index contributed by atoms with van der Waals surface area (Å²) in [5, 5.41) is 2.91. The summed E-state index contributed by atoms with van der Waals surface area (Å²) in [6.45, 7) is 6.24. The van der Waals surface area contributed by atoms with Gasteiger partial charge >= 0.3 is 0 Å². The van der Waals surface area contributed by atoms with Crippen molar-refractivity contribution >= 4 is 5.91 Å². The first kappa shape index (κ1) is 12.2. The van der Waals surface area contributed by atoms with Gasteiger partial charge in [-0.3, -0.25) is 4.79 Å². The van der Waals surface area contributed by atoms with Crippen molar-refractivity contribution in [2.45, 2.75) is 19.8 Å². The largest absolute Gasteiger partial charge is 0.472 e. The lowest BCUT2D eigenvalue weighted by Crippen LogP contribution is -2.40. The van der Waals surface area contributed by atoms with Gasteiger partial charge in [-0.25, -0.2) is 0 Å². The molecule has 1 aliphatic rings. The summed E-state index contributed by atoms with van der Waals surface area (Å²) in [6.07, 6.45) is 5.59. The molecule has 1 atom stereocenters. The fraction of sp³-hybridized carbons (Fsp3) is 0.615. The molecule has 0 aromatic carbocycles. The van der Waals surface area contributed by atoms with E-state index in [1.165, 1.54) is 25.4 Å². The molecule has 1 saturated heterocycles. The summed E-state index contributed by atoms with van der Waals surface area (Å²) in [7, 11) is 0. The molecule has 4 heteroatoms. The van der Waals surface area contributed by atoms with Gasteiger partial charge in [0.05, 0.1) is 11.8 Å². The summed E-state index contributed by atoms with van der Waals surface area (Å²) in [6, 6.07) is 1.68. The summed E-state index contributed by atoms with van der Waals surface area (Å²) >= 11 is 0. The lowest BCUT2D eigenvalue weighted by Gasteiger charge is -2.30. The lowest BCUT2D eigenvalue weighted by atomic mass is 10.0. The van der Waals surface area contributed by atoms with E-state index in [0.717, 1.165) is 25.6 Å². The lowest BCUT2D eigenvalue weighted by molar-refractivity contribution is 0.0943. The molecular weight excluding hydrogens is 216 g/mol. The number of nitrogens with zero attached hydrogens (tertiary/aromatic N) is 1. The quantitative estimate of drug-likeness (QED) is 0.866. The van der Waals surface area contributed by atoms with Gasteiger partial charge in [0, 0.05) is 19.6 Å². The monoisotopic (exact) mass is 236 g/mol. The first-order valence-corrected chi connectivity index (χ1v) is 6.28. The predicted octanol–water partition coefficient (Wildman–Crippen LogP) is 1.74. The average molecular weight is 236 g/mol. The van der Waals surface area contributed by atoms with E-state index in [-0.39, 0.29) is 5.91 Å². The number of nitrogens with one attached hydrogen (secondary N) is 1. The van der Waals surface area contributed by atoms with E-state index in [4.69, 9.17) is 4.42 Å². The highest BCUT2D eigenvalue weighted by atomic mass is 16.3. The molecule has 1 fully saturated rings. The summed E-state index contributed by atoms with van der Waals surface area (Å²) < 4.78 is 4.87. The molecule has 2 rings (SSSR count). The maximum Gasteiger partial charge on any atom is 0.254 e. The molecule has 0 spiro atoms. The van der Waals surface area contributed by atoms with E-state index in [1.807, 2.05) is 0 Å². The molecule has 0 bridgehead atoms. The van der Waals surface area contributed by atoms with Crippen LogP contribution >= 0.6 is 0 Å². The number of carbonyl (C=O) groups is 1. The Morgan fingerprint density at radius 2 is 2.53 bits per heavy atom. The van der Waals surface area contributed by atoms with Crippen molar-refractivity contribution in [3.63, 3.8) is 0 Å². The fourth-order valence-electron chi connectivity index (χ4n) is 2.31. The van der Waals surface area contributed by atoms with E-state index in [9.17, 15) is 4.79 Å². The van der Waals surface area contributed by atoms with Crippen LogP contribution in [-0.4, -0.2) is 37.0 Å². The van der Waals surface area contributed by atoms with E-state index in [1.54, 1.807) is 6.07 Å². The Hall–Kier alpha value is -1.29. The maximum absolute atomic E-state index is 11.6. The fourth-order valence-corrected chi connectivity index (χ4v) is 2.31. The van der Waals surface area contributed by atoms with Crippen LogP contribution in [0, 0.1) is 5.92 Å². The first-order valence-electron chi connectivity index (χ1n) is 6.28. The molecular formula is C13H20N2O2. The molecule has 1 aromatic rings. The van der Waals surface area contributed by atoms with Crippen molar-refractivity contribution < 1.29 is 9.21 Å². The van der Waals surface area contributed by atoms with Gasteiger partial charge in [-0.1, -0.05) is 6.92 Å². The maximum atomic E-state index is 11.6. The number of piperidine rings is 1. The second-order valence-corrected chi connectivity index (χ2v) is 4.82. The number of furan rings is 1. The Morgan fingerprint density at radius 3 is 3.24 bits per heavy atom. The zero-order valence-corrected chi connectivity index (χ0v) is 10.3. The molecule has 1 amide bonds. The Bertz CT molecular complexity index is 348. The van der Waals surface area contributed by atoms with E-state index in [0.29, 0.717) is 12.1 Å². The van der Waals surface area contributed by atoms with Crippen LogP contribution in [0.15, 0.2) is 23.0 Å². The van der Waals surface area contributed by atoms with Crippen LogP contribution in [0.25, 0.3) is 0 Å². The van der Waals surface area contributed by atoms with Crippen molar-refractivity contribution in [2.75, 3.05) is 26.2 Å². The number of likely N-dealkylation sites (tertiary alicyclic amines) is 1. The molecule has 2 heterocycles. The van der Waals surface area contributed by atoms with Gasteiger partial charge in [0.25, 0.3) is 5.91 Å². The third-order valence-electron chi connectivity index (χ3n) is 3.24. The molecule has 1 N–H and O–H groups in total. The number of hydrogen-bond donors (Lipinski definition) is 1. The van der Waals surface area contributed by atoms with Gasteiger partial charge in [-0.2, -0.15) is 0 Å². The molecule has 17 heavy (non-hydrogen) atoms. The van der Waals surface area contributed by atoms with Crippen LogP contribution in [0.5, 0.6) is 0 Å². The third-order valence-corrected chi connectivity index (χ3v) is 3.24. The highest BCUT2D eigenvalue weighted by molar-refractivity contribution is 5.93. The van der Waals surface area contributed by atoms with Gasteiger partial charge in [-0.15, -0.1) is 0 Å². The van der Waals surface area contributed by atoms with Crippen molar-refractivity contribution in [3.05, 3.63) is 24.2 Å². The zero-order valence-electron chi connectivity index (χ0n) is 10.3. The molecule has 0 unspecified atom stereocenters. The van der Waals surface area contributed by atoms with Gasteiger partial charge in [0.15, 0.2) is 0 Å². The highest BCUT2D eigenvalue weighted by Gasteiger charge is 2.15. The minimum Gasteiger partial charge on any atom is -0.472 e. The third kappa shape index (κ3) is 3.60. The van der Waals surface area contributed by atoms with Crippen molar-refractivity contribution in [1.29, 1.82) is 0 Å². The van der Waals surface area contributed by atoms with Crippen LogP contribution in [0.4, 0.5) is 0 Å². The van der Waals surface area contributed by atoms with E-state index < -0.39 is 0 Å². The number of amides is 1. The zero-order chi connectivity index (χ0) is 12.1. The van der Waals surface area contributed by atoms with Crippen molar-refractivity contribution in [3.8, 4) is 0 Å². The SMILES string of the molecule is C[C@H]1CCCN(CCNC(=O)c2ccoc2)C1. The van der Waals surface area contributed by atoms with Crippen LogP contribution < -0.4 is 5.32 Å². The summed E-state index contributed by atoms with van der Waals surface area (Å²) in [4.78, 5) is 14.0. The molecule has 0 saturated carbocycles. The van der Waals surface area contributed by atoms with Crippen molar-refractivity contribution in [2.24, 2.45) is 5.92 Å². The van der Waals surface area contributed by atoms with Crippen LogP contribution in [0.2, 0.25) is 0 Å².